The minimum absolute atomic E-state index is 0.465. The molecule has 1 heterocycles. The number of rotatable bonds is 9. The quantitative estimate of drug-likeness (QED) is 0.400. The second kappa shape index (κ2) is 11.3. The van der Waals surface area contributed by atoms with Crippen LogP contribution in [0.1, 0.15) is 11.1 Å². The van der Waals surface area contributed by atoms with Crippen LogP contribution >= 0.6 is 11.6 Å². The summed E-state index contributed by atoms with van der Waals surface area (Å²) in [5.74, 6) is 1.32. The van der Waals surface area contributed by atoms with Crippen LogP contribution in [0.3, 0.4) is 0 Å². The Morgan fingerprint density at radius 2 is 2.08 bits per heavy atom. The first-order valence-corrected chi connectivity index (χ1v) is 8.85. The van der Waals surface area contributed by atoms with Crippen molar-refractivity contribution in [1.29, 1.82) is 0 Å². The highest BCUT2D eigenvalue weighted by molar-refractivity contribution is 6.30. The van der Waals surface area contributed by atoms with Gasteiger partial charge in [-0.05, 0) is 30.2 Å². The third-order valence-electron chi connectivity index (χ3n) is 3.64. The minimum atomic E-state index is 0.465. The van der Waals surface area contributed by atoms with Gasteiger partial charge in [0.2, 0.25) is 5.88 Å². The highest BCUT2D eigenvalue weighted by Crippen LogP contribution is 2.14. The Kier molecular flexibility index (Phi) is 8.72. The van der Waals surface area contributed by atoms with Gasteiger partial charge in [-0.15, -0.1) is 0 Å². The van der Waals surface area contributed by atoms with Gasteiger partial charge in [-0.25, -0.2) is 4.98 Å². The molecule has 2 aromatic rings. The van der Waals surface area contributed by atoms with Gasteiger partial charge >= 0.3 is 0 Å². The molecule has 0 radical (unpaired) electrons. The number of pyridine rings is 1. The van der Waals surface area contributed by atoms with Crippen molar-refractivity contribution in [2.45, 2.75) is 13.0 Å². The van der Waals surface area contributed by atoms with Crippen molar-refractivity contribution in [3.05, 3.63) is 58.7 Å². The Balaban J connectivity index is 1.81. The highest BCUT2D eigenvalue weighted by atomic mass is 35.5. The Morgan fingerprint density at radius 1 is 1.19 bits per heavy atom. The summed E-state index contributed by atoms with van der Waals surface area (Å²) in [6, 6.07) is 11.7. The molecule has 26 heavy (non-hydrogen) atoms. The lowest BCUT2D eigenvalue weighted by molar-refractivity contribution is 0.143. The van der Waals surface area contributed by atoms with E-state index in [1.165, 1.54) is 5.56 Å². The fourth-order valence-corrected chi connectivity index (χ4v) is 2.54. The molecule has 0 aliphatic rings. The van der Waals surface area contributed by atoms with E-state index in [0.717, 1.165) is 29.5 Å². The molecule has 0 spiro atoms. The first-order valence-electron chi connectivity index (χ1n) is 8.47. The van der Waals surface area contributed by atoms with Crippen LogP contribution < -0.4 is 15.4 Å². The normalized spacial score (nSPS) is 11.3. The van der Waals surface area contributed by atoms with Crippen molar-refractivity contribution < 1.29 is 9.47 Å². The number of guanidine groups is 1. The second-order valence-corrected chi connectivity index (χ2v) is 5.98. The number of ether oxygens (including phenoxy) is 2. The molecule has 0 aliphatic heterocycles. The van der Waals surface area contributed by atoms with Gasteiger partial charge in [-0.1, -0.05) is 29.8 Å². The summed E-state index contributed by atoms with van der Waals surface area (Å²) in [5.41, 5.74) is 2.14. The van der Waals surface area contributed by atoms with Crippen LogP contribution in [0.2, 0.25) is 5.02 Å². The summed E-state index contributed by atoms with van der Waals surface area (Å²) in [5, 5.41) is 7.32. The Labute approximate surface area is 159 Å². The number of hydrogen-bond acceptors (Lipinski definition) is 4. The molecule has 0 amide bonds. The maximum atomic E-state index is 6.01. The van der Waals surface area contributed by atoms with Crippen LogP contribution in [0.4, 0.5) is 0 Å². The fourth-order valence-electron chi connectivity index (χ4n) is 2.33. The molecule has 0 fully saturated rings. The molecular formula is C19H25ClN4O2. The molecule has 1 aromatic heterocycles. The van der Waals surface area contributed by atoms with Crippen LogP contribution in [-0.4, -0.2) is 44.9 Å². The monoisotopic (exact) mass is 376 g/mol. The second-order valence-electron chi connectivity index (χ2n) is 5.54. The molecular weight excluding hydrogens is 352 g/mol. The van der Waals surface area contributed by atoms with Crippen molar-refractivity contribution in [3.8, 4) is 5.88 Å². The van der Waals surface area contributed by atoms with Crippen LogP contribution in [0.15, 0.2) is 47.6 Å². The molecule has 0 saturated heterocycles. The van der Waals surface area contributed by atoms with E-state index < -0.39 is 0 Å². The van der Waals surface area contributed by atoms with E-state index in [1.807, 2.05) is 30.3 Å². The van der Waals surface area contributed by atoms with Crippen molar-refractivity contribution in [2.24, 2.45) is 4.99 Å². The molecule has 0 bridgehead atoms. The Bertz CT molecular complexity index is 709. The topological polar surface area (TPSA) is 67.8 Å². The third kappa shape index (κ3) is 6.90. The number of aliphatic imine (C=N–C) groups is 1. The van der Waals surface area contributed by atoms with Crippen LogP contribution in [0.25, 0.3) is 0 Å². The van der Waals surface area contributed by atoms with Gasteiger partial charge in [-0.3, -0.25) is 4.99 Å². The maximum absolute atomic E-state index is 6.01. The van der Waals surface area contributed by atoms with Gasteiger partial charge < -0.3 is 20.1 Å². The summed E-state index contributed by atoms with van der Waals surface area (Å²) in [7, 11) is 3.39. The predicted molar refractivity (Wildman–Crippen MR) is 105 cm³/mol. The van der Waals surface area contributed by atoms with Crippen molar-refractivity contribution in [3.63, 3.8) is 0 Å². The van der Waals surface area contributed by atoms with Gasteiger partial charge in [0.15, 0.2) is 5.96 Å². The number of aromatic nitrogens is 1. The SMILES string of the molecule is CN=C(NCCc1cccc(Cl)c1)NCc1cccnc1OCCOC. The van der Waals surface area contributed by atoms with E-state index in [1.54, 1.807) is 20.4 Å². The third-order valence-corrected chi connectivity index (χ3v) is 3.88. The van der Waals surface area contributed by atoms with E-state index in [9.17, 15) is 0 Å². The van der Waals surface area contributed by atoms with Crippen molar-refractivity contribution >= 4 is 17.6 Å². The average molecular weight is 377 g/mol. The number of methoxy groups -OCH3 is 1. The largest absolute Gasteiger partial charge is 0.475 e. The highest BCUT2D eigenvalue weighted by Gasteiger charge is 2.06. The number of benzene rings is 1. The van der Waals surface area contributed by atoms with Crippen LogP contribution in [-0.2, 0) is 17.7 Å². The van der Waals surface area contributed by atoms with Gasteiger partial charge in [-0.2, -0.15) is 0 Å². The zero-order chi connectivity index (χ0) is 18.6. The lowest BCUT2D eigenvalue weighted by Gasteiger charge is -2.14. The summed E-state index contributed by atoms with van der Waals surface area (Å²) >= 11 is 6.01. The van der Waals surface area contributed by atoms with Gasteiger partial charge in [0.05, 0.1) is 6.61 Å². The lowest BCUT2D eigenvalue weighted by atomic mass is 10.1. The first-order chi connectivity index (χ1) is 12.7. The molecule has 0 unspecified atom stereocenters. The zero-order valence-corrected chi connectivity index (χ0v) is 15.9. The van der Waals surface area contributed by atoms with E-state index in [2.05, 4.69) is 26.7 Å². The maximum Gasteiger partial charge on any atom is 0.218 e. The van der Waals surface area contributed by atoms with E-state index in [0.29, 0.717) is 25.6 Å². The van der Waals surface area contributed by atoms with Gasteiger partial charge in [0.25, 0.3) is 0 Å². The first kappa shape index (κ1) is 20.0. The fraction of sp³-hybridized carbons (Fsp3) is 0.368. The van der Waals surface area contributed by atoms with Gasteiger partial charge in [0, 0.05) is 44.0 Å². The van der Waals surface area contributed by atoms with Crippen molar-refractivity contribution in [1.82, 2.24) is 15.6 Å². The van der Waals surface area contributed by atoms with Gasteiger partial charge in [0.1, 0.15) is 6.61 Å². The lowest BCUT2D eigenvalue weighted by Crippen LogP contribution is -2.38. The summed E-state index contributed by atoms with van der Waals surface area (Å²) in [4.78, 5) is 8.52. The number of halogens is 1. The summed E-state index contributed by atoms with van der Waals surface area (Å²) < 4.78 is 10.6. The standard InChI is InChI=1S/C19H25ClN4O2/c1-21-19(23-10-8-15-5-3-7-17(20)13-15)24-14-16-6-4-9-22-18(16)26-12-11-25-2/h3-7,9,13H,8,10-12,14H2,1-2H3,(H2,21,23,24). The van der Waals surface area contributed by atoms with E-state index >= 15 is 0 Å². The average Bonchev–Trinajstić information content (AvgIpc) is 2.66. The molecule has 2 rings (SSSR count). The molecule has 6 nitrogen and oxygen atoms in total. The summed E-state index contributed by atoms with van der Waals surface area (Å²) in [6.45, 7) is 2.31. The Morgan fingerprint density at radius 3 is 2.85 bits per heavy atom. The van der Waals surface area contributed by atoms with E-state index in [4.69, 9.17) is 21.1 Å². The minimum Gasteiger partial charge on any atom is -0.475 e. The number of nitrogens with zero attached hydrogens (tertiary/aromatic N) is 2. The summed E-state index contributed by atoms with van der Waals surface area (Å²) in [6.07, 6.45) is 2.57. The Hall–Kier alpha value is -2.31. The molecule has 7 heteroatoms. The molecule has 140 valence electrons. The predicted octanol–water partition coefficient (Wildman–Crippen LogP) is 2.67. The number of nitrogens with one attached hydrogen (secondary N) is 2. The molecule has 0 atom stereocenters. The zero-order valence-electron chi connectivity index (χ0n) is 15.2. The molecule has 0 aliphatic carbocycles. The smallest absolute Gasteiger partial charge is 0.218 e. The molecule has 2 N–H and O–H groups in total. The number of hydrogen-bond donors (Lipinski definition) is 2. The molecule has 0 saturated carbocycles. The van der Waals surface area contributed by atoms with Crippen LogP contribution in [0, 0.1) is 0 Å². The van der Waals surface area contributed by atoms with Crippen molar-refractivity contribution in [2.75, 3.05) is 33.9 Å². The van der Waals surface area contributed by atoms with Crippen LogP contribution in [0.5, 0.6) is 5.88 Å². The van der Waals surface area contributed by atoms with E-state index in [-0.39, 0.29) is 0 Å². The molecule has 1 aromatic carbocycles.